The highest BCUT2D eigenvalue weighted by Crippen LogP contribution is 2.40. The summed E-state index contributed by atoms with van der Waals surface area (Å²) in [5.74, 6) is 2.02. The van der Waals surface area contributed by atoms with Crippen LogP contribution in [0.1, 0.15) is 11.1 Å². The molecule has 2 aromatic carbocycles. The van der Waals surface area contributed by atoms with Gasteiger partial charge in [0.05, 0.1) is 13.1 Å². The van der Waals surface area contributed by atoms with E-state index in [0.29, 0.717) is 0 Å². The quantitative estimate of drug-likeness (QED) is 0.810. The first-order valence-electron chi connectivity index (χ1n) is 8.02. The number of aliphatic imine (C=N–C) groups is 2. The van der Waals surface area contributed by atoms with E-state index in [1.54, 1.807) is 21.6 Å². The largest absolute Gasteiger partial charge is 0.368 e. The Kier molecular flexibility index (Phi) is 4.76. The molecule has 0 aromatic heterocycles. The van der Waals surface area contributed by atoms with E-state index in [1.807, 2.05) is 0 Å². The smallest absolute Gasteiger partial charge is 0.129 e. The molecule has 0 saturated carbocycles. The van der Waals surface area contributed by atoms with E-state index in [0.717, 1.165) is 37.9 Å². The Labute approximate surface area is 149 Å². The maximum absolute atomic E-state index is 4.56. The minimum atomic E-state index is 0.857. The molecule has 0 radical (unpaired) electrons. The summed E-state index contributed by atoms with van der Waals surface area (Å²) in [4.78, 5) is 11.6. The van der Waals surface area contributed by atoms with Gasteiger partial charge in [0, 0.05) is 34.0 Å². The van der Waals surface area contributed by atoms with Crippen LogP contribution in [-0.2, 0) is 0 Å². The molecule has 2 aromatic rings. The highest BCUT2D eigenvalue weighted by molar-refractivity contribution is 8.76. The summed E-state index contributed by atoms with van der Waals surface area (Å²) < 4.78 is 0. The third-order valence-electron chi connectivity index (χ3n) is 3.85. The molecule has 4 nitrogen and oxygen atoms in total. The number of nitrogens with zero attached hydrogens (tertiary/aromatic N) is 2. The fourth-order valence-corrected chi connectivity index (χ4v) is 5.08. The maximum Gasteiger partial charge on any atom is 0.129 e. The zero-order valence-electron chi connectivity index (χ0n) is 13.2. The standard InChI is InChI=1S/C18H18N4S2/c1-3-7-15(13(5-1)17-19-9-10-20-17)23-24-16-8-4-2-6-14(16)18-21-11-12-22-18/h1-8H,9-12H2,(H,19,20)(H,21,22). The number of hydrogen-bond donors (Lipinski definition) is 2. The van der Waals surface area contributed by atoms with Crippen LogP contribution in [-0.4, -0.2) is 37.9 Å². The van der Waals surface area contributed by atoms with Gasteiger partial charge in [-0.15, -0.1) is 0 Å². The van der Waals surface area contributed by atoms with Gasteiger partial charge in [-0.05, 0) is 12.1 Å². The molecule has 0 saturated heterocycles. The lowest BCUT2D eigenvalue weighted by molar-refractivity contribution is 0.959. The molecule has 0 atom stereocenters. The van der Waals surface area contributed by atoms with Crippen molar-refractivity contribution in [2.75, 3.05) is 26.2 Å². The average molecular weight is 355 g/mol. The van der Waals surface area contributed by atoms with Crippen LogP contribution >= 0.6 is 21.6 Å². The van der Waals surface area contributed by atoms with Crippen LogP contribution < -0.4 is 10.6 Å². The molecule has 4 rings (SSSR count). The predicted octanol–water partition coefficient (Wildman–Crippen LogP) is 3.19. The van der Waals surface area contributed by atoms with Gasteiger partial charge in [0.2, 0.25) is 0 Å². The molecule has 0 aliphatic carbocycles. The lowest BCUT2D eigenvalue weighted by Gasteiger charge is -2.11. The third-order valence-corrected chi connectivity index (χ3v) is 6.34. The molecule has 0 fully saturated rings. The summed E-state index contributed by atoms with van der Waals surface area (Å²) in [6.45, 7) is 3.57. The van der Waals surface area contributed by atoms with Crippen molar-refractivity contribution in [2.45, 2.75) is 9.79 Å². The number of hydrogen-bond acceptors (Lipinski definition) is 6. The minimum Gasteiger partial charge on any atom is -0.368 e. The zero-order valence-corrected chi connectivity index (χ0v) is 14.8. The number of benzene rings is 2. The molecule has 2 aliphatic rings. The first kappa shape index (κ1) is 15.6. The highest BCUT2D eigenvalue weighted by atomic mass is 33.1. The lowest BCUT2D eigenvalue weighted by atomic mass is 10.2. The van der Waals surface area contributed by atoms with E-state index in [4.69, 9.17) is 0 Å². The van der Waals surface area contributed by atoms with Crippen LogP contribution in [0.25, 0.3) is 0 Å². The second kappa shape index (κ2) is 7.32. The van der Waals surface area contributed by atoms with Gasteiger partial charge in [0.15, 0.2) is 0 Å². The van der Waals surface area contributed by atoms with Crippen LogP contribution in [0.15, 0.2) is 68.3 Å². The molecule has 6 heteroatoms. The third kappa shape index (κ3) is 3.30. The summed E-state index contributed by atoms with van der Waals surface area (Å²) in [5, 5.41) is 6.73. The van der Waals surface area contributed by atoms with Crippen LogP contribution in [0.4, 0.5) is 0 Å². The van der Waals surface area contributed by atoms with E-state index in [2.05, 4.69) is 69.1 Å². The summed E-state index contributed by atoms with van der Waals surface area (Å²) in [6, 6.07) is 16.9. The van der Waals surface area contributed by atoms with Crippen molar-refractivity contribution >= 4 is 33.3 Å². The Hall–Kier alpha value is -1.92. The Morgan fingerprint density at radius 3 is 1.54 bits per heavy atom. The van der Waals surface area contributed by atoms with Gasteiger partial charge in [-0.1, -0.05) is 58.0 Å². The molecule has 122 valence electrons. The Balaban J connectivity index is 1.56. The molecule has 2 N–H and O–H groups in total. The van der Waals surface area contributed by atoms with Crippen LogP contribution in [0.5, 0.6) is 0 Å². The Bertz CT molecular complexity index is 734. The predicted molar refractivity (Wildman–Crippen MR) is 103 cm³/mol. The van der Waals surface area contributed by atoms with Crippen molar-refractivity contribution in [3.05, 3.63) is 59.7 Å². The fourth-order valence-electron chi connectivity index (χ4n) is 2.72. The van der Waals surface area contributed by atoms with E-state index >= 15 is 0 Å². The van der Waals surface area contributed by atoms with E-state index in [1.165, 1.54) is 20.9 Å². The first-order valence-corrected chi connectivity index (χ1v) is 10.2. The number of rotatable bonds is 5. The van der Waals surface area contributed by atoms with Crippen LogP contribution in [0.2, 0.25) is 0 Å². The van der Waals surface area contributed by atoms with Crippen molar-refractivity contribution in [3.63, 3.8) is 0 Å². The van der Waals surface area contributed by atoms with Crippen molar-refractivity contribution in [1.82, 2.24) is 10.6 Å². The van der Waals surface area contributed by atoms with Crippen molar-refractivity contribution in [1.29, 1.82) is 0 Å². The molecule has 0 bridgehead atoms. The first-order chi connectivity index (χ1) is 11.9. The lowest BCUT2D eigenvalue weighted by Crippen LogP contribution is -2.20. The number of amidine groups is 2. The van der Waals surface area contributed by atoms with E-state index < -0.39 is 0 Å². The van der Waals surface area contributed by atoms with E-state index in [9.17, 15) is 0 Å². The van der Waals surface area contributed by atoms with Crippen molar-refractivity contribution in [2.24, 2.45) is 9.98 Å². The van der Waals surface area contributed by atoms with Gasteiger partial charge < -0.3 is 10.6 Å². The van der Waals surface area contributed by atoms with Crippen molar-refractivity contribution in [3.8, 4) is 0 Å². The van der Waals surface area contributed by atoms with Gasteiger partial charge in [-0.3, -0.25) is 9.98 Å². The average Bonchev–Trinajstić information content (AvgIpc) is 3.34. The van der Waals surface area contributed by atoms with Crippen LogP contribution in [0, 0.1) is 0 Å². The molecule has 0 unspecified atom stereocenters. The second-order valence-electron chi connectivity index (χ2n) is 5.47. The topological polar surface area (TPSA) is 48.8 Å². The van der Waals surface area contributed by atoms with Gasteiger partial charge in [-0.2, -0.15) is 0 Å². The van der Waals surface area contributed by atoms with Gasteiger partial charge in [-0.25, -0.2) is 0 Å². The normalized spacial score (nSPS) is 16.3. The molecule has 2 heterocycles. The summed E-state index contributed by atoms with van der Waals surface area (Å²) in [5.41, 5.74) is 2.36. The monoisotopic (exact) mass is 354 g/mol. The zero-order chi connectivity index (χ0) is 16.2. The van der Waals surface area contributed by atoms with Gasteiger partial charge >= 0.3 is 0 Å². The van der Waals surface area contributed by atoms with Crippen LogP contribution in [0.3, 0.4) is 0 Å². The van der Waals surface area contributed by atoms with E-state index in [-0.39, 0.29) is 0 Å². The Morgan fingerprint density at radius 2 is 1.12 bits per heavy atom. The number of nitrogens with one attached hydrogen (secondary N) is 2. The van der Waals surface area contributed by atoms with Crippen molar-refractivity contribution < 1.29 is 0 Å². The SMILES string of the molecule is c1ccc(C2=NCCN2)c(SSc2ccccc2C2=NCCN2)c1. The molecular formula is C18H18N4S2. The fraction of sp³-hybridized carbons (Fsp3) is 0.222. The molecule has 24 heavy (non-hydrogen) atoms. The second-order valence-corrected chi connectivity index (χ2v) is 7.69. The molecule has 2 aliphatic heterocycles. The van der Waals surface area contributed by atoms with Gasteiger partial charge in [0.25, 0.3) is 0 Å². The molecular weight excluding hydrogens is 336 g/mol. The minimum absolute atomic E-state index is 0.857. The summed E-state index contributed by atoms with van der Waals surface area (Å²) in [7, 11) is 3.55. The summed E-state index contributed by atoms with van der Waals surface area (Å²) in [6.07, 6.45) is 0. The van der Waals surface area contributed by atoms with Gasteiger partial charge in [0.1, 0.15) is 11.7 Å². The highest BCUT2D eigenvalue weighted by Gasteiger charge is 2.15. The Morgan fingerprint density at radius 1 is 0.667 bits per heavy atom. The molecule has 0 spiro atoms. The summed E-state index contributed by atoms with van der Waals surface area (Å²) >= 11 is 0. The maximum atomic E-state index is 4.56. The molecule has 0 amide bonds.